The molecule has 1 heterocycles. The number of aliphatic hydroxyl groups excluding tert-OH is 1. The van der Waals surface area contributed by atoms with Crippen molar-refractivity contribution in [2.24, 2.45) is 0 Å². The molecule has 18 heavy (non-hydrogen) atoms. The molecule has 0 amide bonds. The van der Waals surface area contributed by atoms with E-state index in [1.807, 2.05) is 25.1 Å². The Labute approximate surface area is 107 Å². The molecule has 0 aliphatic carbocycles. The first-order chi connectivity index (χ1) is 8.56. The van der Waals surface area contributed by atoms with Crippen molar-refractivity contribution in [2.45, 2.75) is 26.9 Å². The van der Waals surface area contributed by atoms with E-state index < -0.39 is 6.10 Å². The van der Waals surface area contributed by atoms with Gasteiger partial charge in [0.25, 0.3) is 0 Å². The van der Waals surface area contributed by atoms with E-state index in [9.17, 15) is 5.11 Å². The van der Waals surface area contributed by atoms with Crippen LogP contribution in [0.3, 0.4) is 0 Å². The van der Waals surface area contributed by atoms with Gasteiger partial charge >= 0.3 is 0 Å². The maximum atomic E-state index is 9.51. The third-order valence-corrected chi connectivity index (χ3v) is 2.94. The van der Waals surface area contributed by atoms with Crippen LogP contribution in [0.5, 0.6) is 11.6 Å². The number of hydrogen-bond acceptors (Lipinski definition) is 3. The molecule has 3 heteroatoms. The topological polar surface area (TPSA) is 42.4 Å². The van der Waals surface area contributed by atoms with Gasteiger partial charge in [0.15, 0.2) is 0 Å². The summed E-state index contributed by atoms with van der Waals surface area (Å²) in [6.45, 7) is 5.82. The highest BCUT2D eigenvalue weighted by molar-refractivity contribution is 5.36. The second-order valence-corrected chi connectivity index (χ2v) is 4.45. The van der Waals surface area contributed by atoms with Crippen LogP contribution in [0.2, 0.25) is 0 Å². The molecule has 0 aliphatic heterocycles. The van der Waals surface area contributed by atoms with E-state index in [2.05, 4.69) is 11.9 Å². The van der Waals surface area contributed by atoms with Crippen molar-refractivity contribution in [3.8, 4) is 11.6 Å². The number of pyridine rings is 1. The van der Waals surface area contributed by atoms with Crippen LogP contribution < -0.4 is 4.74 Å². The molecule has 1 aromatic heterocycles. The number of rotatable bonds is 3. The van der Waals surface area contributed by atoms with Gasteiger partial charge in [0, 0.05) is 12.3 Å². The molecule has 1 N–H and O–H groups in total. The summed E-state index contributed by atoms with van der Waals surface area (Å²) >= 11 is 0. The van der Waals surface area contributed by atoms with Gasteiger partial charge in [-0.1, -0.05) is 6.07 Å². The molecule has 0 saturated heterocycles. The molecule has 0 spiro atoms. The molecule has 1 aromatic carbocycles. The highest BCUT2D eigenvalue weighted by Crippen LogP contribution is 2.24. The van der Waals surface area contributed by atoms with Gasteiger partial charge in [-0.05, 0) is 55.7 Å². The van der Waals surface area contributed by atoms with Crippen molar-refractivity contribution >= 4 is 0 Å². The largest absolute Gasteiger partial charge is 0.439 e. The average Bonchev–Trinajstić information content (AvgIpc) is 2.34. The Balaban J connectivity index is 2.23. The van der Waals surface area contributed by atoms with Gasteiger partial charge in [-0.3, -0.25) is 0 Å². The van der Waals surface area contributed by atoms with Gasteiger partial charge in [-0.25, -0.2) is 4.98 Å². The van der Waals surface area contributed by atoms with Crippen molar-refractivity contribution in [2.75, 3.05) is 0 Å². The van der Waals surface area contributed by atoms with Crippen molar-refractivity contribution in [1.29, 1.82) is 0 Å². The van der Waals surface area contributed by atoms with Gasteiger partial charge in [0.1, 0.15) is 5.75 Å². The molecule has 0 radical (unpaired) electrons. The van der Waals surface area contributed by atoms with E-state index in [0.29, 0.717) is 5.88 Å². The lowest BCUT2D eigenvalue weighted by atomic mass is 10.1. The summed E-state index contributed by atoms with van der Waals surface area (Å²) in [5, 5.41) is 9.51. The molecule has 1 atom stereocenters. The normalized spacial score (nSPS) is 12.2. The molecule has 0 saturated carbocycles. The van der Waals surface area contributed by atoms with Gasteiger partial charge < -0.3 is 9.84 Å². The first kappa shape index (κ1) is 12.6. The minimum absolute atomic E-state index is 0.497. The van der Waals surface area contributed by atoms with Crippen LogP contribution in [0.25, 0.3) is 0 Å². The maximum absolute atomic E-state index is 9.51. The molecule has 0 fully saturated rings. The lowest BCUT2D eigenvalue weighted by Crippen LogP contribution is -1.94. The zero-order chi connectivity index (χ0) is 13.1. The van der Waals surface area contributed by atoms with E-state index in [-0.39, 0.29) is 0 Å². The smallest absolute Gasteiger partial charge is 0.219 e. The minimum Gasteiger partial charge on any atom is -0.439 e. The van der Waals surface area contributed by atoms with Gasteiger partial charge in [-0.15, -0.1) is 0 Å². The number of nitrogens with zero attached hydrogens (tertiary/aromatic N) is 1. The third-order valence-electron chi connectivity index (χ3n) is 2.94. The van der Waals surface area contributed by atoms with Crippen LogP contribution in [-0.4, -0.2) is 10.1 Å². The lowest BCUT2D eigenvalue weighted by Gasteiger charge is -2.09. The number of hydrogen-bond donors (Lipinski definition) is 1. The van der Waals surface area contributed by atoms with E-state index in [1.165, 1.54) is 11.1 Å². The lowest BCUT2D eigenvalue weighted by molar-refractivity contribution is 0.198. The Hall–Kier alpha value is -1.87. The molecule has 94 valence electrons. The van der Waals surface area contributed by atoms with E-state index in [4.69, 9.17) is 4.74 Å². The fourth-order valence-corrected chi connectivity index (χ4v) is 1.64. The first-order valence-corrected chi connectivity index (χ1v) is 5.95. The molecular weight excluding hydrogens is 226 g/mol. The number of aliphatic hydroxyl groups is 1. The summed E-state index contributed by atoms with van der Waals surface area (Å²) in [6.07, 6.45) is 1.12. The Morgan fingerprint density at radius 1 is 1.11 bits per heavy atom. The van der Waals surface area contributed by atoms with Crippen LogP contribution in [-0.2, 0) is 0 Å². The predicted octanol–water partition coefficient (Wildman–Crippen LogP) is 3.54. The SMILES string of the molecule is Cc1ccc(Oc2cc([C@H](C)O)ccn2)cc1C. The van der Waals surface area contributed by atoms with Crippen LogP contribution in [0.1, 0.15) is 29.7 Å². The van der Waals surface area contributed by atoms with Crippen molar-refractivity contribution in [3.05, 3.63) is 53.2 Å². The average molecular weight is 243 g/mol. The number of benzene rings is 1. The Morgan fingerprint density at radius 3 is 2.56 bits per heavy atom. The quantitative estimate of drug-likeness (QED) is 0.896. The summed E-state index contributed by atoms with van der Waals surface area (Å²) in [7, 11) is 0. The summed E-state index contributed by atoms with van der Waals surface area (Å²) in [5.41, 5.74) is 3.20. The van der Waals surface area contributed by atoms with Gasteiger partial charge in [-0.2, -0.15) is 0 Å². The maximum Gasteiger partial charge on any atom is 0.219 e. The molecule has 2 aromatic rings. The summed E-state index contributed by atoms with van der Waals surface area (Å²) < 4.78 is 5.68. The van der Waals surface area contributed by atoms with Crippen LogP contribution in [0, 0.1) is 13.8 Å². The van der Waals surface area contributed by atoms with E-state index in [0.717, 1.165) is 11.3 Å². The second-order valence-electron chi connectivity index (χ2n) is 4.45. The molecule has 0 unspecified atom stereocenters. The summed E-state index contributed by atoms with van der Waals surface area (Å²) in [5.74, 6) is 1.25. The standard InChI is InChI=1S/C15H17NO2/c1-10-4-5-14(8-11(10)2)18-15-9-13(12(3)17)6-7-16-15/h4-9,12,17H,1-3H3/t12-/m0/s1. The zero-order valence-electron chi connectivity index (χ0n) is 10.8. The molecule has 3 nitrogen and oxygen atoms in total. The number of ether oxygens (including phenoxy) is 1. The number of aryl methyl sites for hydroxylation is 2. The summed E-state index contributed by atoms with van der Waals surface area (Å²) in [6, 6.07) is 9.44. The monoisotopic (exact) mass is 243 g/mol. The molecule has 0 bridgehead atoms. The fourth-order valence-electron chi connectivity index (χ4n) is 1.64. The van der Waals surface area contributed by atoms with Crippen LogP contribution >= 0.6 is 0 Å². The third kappa shape index (κ3) is 2.87. The second kappa shape index (κ2) is 5.19. The van der Waals surface area contributed by atoms with Crippen molar-refractivity contribution in [1.82, 2.24) is 4.98 Å². The van der Waals surface area contributed by atoms with Crippen LogP contribution in [0.4, 0.5) is 0 Å². The zero-order valence-corrected chi connectivity index (χ0v) is 10.8. The Morgan fingerprint density at radius 2 is 1.89 bits per heavy atom. The van der Waals surface area contributed by atoms with Crippen molar-refractivity contribution in [3.63, 3.8) is 0 Å². The van der Waals surface area contributed by atoms with Crippen LogP contribution in [0.15, 0.2) is 36.5 Å². The molecular formula is C15H17NO2. The first-order valence-electron chi connectivity index (χ1n) is 5.95. The molecule has 2 rings (SSSR count). The van der Waals surface area contributed by atoms with Gasteiger partial charge in [0.05, 0.1) is 6.10 Å². The highest BCUT2D eigenvalue weighted by Gasteiger charge is 2.05. The molecule has 0 aliphatic rings. The number of aromatic nitrogens is 1. The summed E-state index contributed by atoms with van der Waals surface area (Å²) in [4.78, 5) is 4.14. The van der Waals surface area contributed by atoms with E-state index in [1.54, 1.807) is 25.3 Å². The Bertz CT molecular complexity index is 550. The van der Waals surface area contributed by atoms with Gasteiger partial charge in [0.2, 0.25) is 5.88 Å². The predicted molar refractivity (Wildman–Crippen MR) is 70.9 cm³/mol. The highest BCUT2D eigenvalue weighted by atomic mass is 16.5. The Kier molecular flexibility index (Phi) is 3.63. The fraction of sp³-hybridized carbons (Fsp3) is 0.267. The van der Waals surface area contributed by atoms with Crippen molar-refractivity contribution < 1.29 is 9.84 Å². The minimum atomic E-state index is -0.518. The van der Waals surface area contributed by atoms with E-state index >= 15 is 0 Å².